The summed E-state index contributed by atoms with van der Waals surface area (Å²) >= 11 is 0. The third-order valence-electron chi connectivity index (χ3n) is 6.80. The van der Waals surface area contributed by atoms with Gasteiger partial charge in [0.1, 0.15) is 10.6 Å². The van der Waals surface area contributed by atoms with Crippen molar-refractivity contribution < 1.29 is 17.9 Å². The lowest BCUT2D eigenvalue weighted by atomic mass is 10.1. The van der Waals surface area contributed by atoms with Gasteiger partial charge in [-0.05, 0) is 71.2 Å². The minimum atomic E-state index is -3.49. The lowest BCUT2D eigenvalue weighted by Gasteiger charge is -2.35. The van der Waals surface area contributed by atoms with Crippen molar-refractivity contribution in [2.45, 2.75) is 69.4 Å². The van der Waals surface area contributed by atoms with E-state index in [2.05, 4.69) is 22.5 Å². The summed E-state index contributed by atoms with van der Waals surface area (Å²) in [5, 5.41) is 5.60. The van der Waals surface area contributed by atoms with Crippen LogP contribution in [0.5, 0.6) is 0 Å². The number of benzene rings is 1. The van der Waals surface area contributed by atoms with Crippen LogP contribution in [0, 0.1) is 0 Å². The molecule has 1 aromatic carbocycles. The standard InChI is InChI=1S/C26H37N5O4S/c1-6-13-27-24(32)28-20-9-7-19(8-10-20)23-29-21(26(11-12-26)36(33,34)25(3,4)5)16-22(30-23)31-14-15-35-17-18(31)2/h7-10,16,18H,6,11-15,17H2,1-5H3,(H2,27,28,32)/t18-/m0/s1. The van der Waals surface area contributed by atoms with E-state index in [0.717, 1.165) is 12.0 Å². The van der Waals surface area contributed by atoms with E-state index < -0.39 is 19.3 Å². The van der Waals surface area contributed by atoms with E-state index in [9.17, 15) is 13.2 Å². The van der Waals surface area contributed by atoms with Gasteiger partial charge in [-0.3, -0.25) is 0 Å². The van der Waals surface area contributed by atoms with Gasteiger partial charge in [-0.1, -0.05) is 6.92 Å². The second-order valence-electron chi connectivity index (χ2n) is 10.6. The summed E-state index contributed by atoms with van der Waals surface area (Å²) in [5.41, 5.74) is 1.96. The van der Waals surface area contributed by atoms with Crippen LogP contribution in [0.4, 0.5) is 16.3 Å². The summed E-state index contributed by atoms with van der Waals surface area (Å²) in [6, 6.07) is 9.00. The zero-order valence-corrected chi connectivity index (χ0v) is 22.6. The molecule has 0 bridgehead atoms. The molecule has 10 heteroatoms. The number of hydrogen-bond acceptors (Lipinski definition) is 7. The van der Waals surface area contributed by atoms with E-state index in [-0.39, 0.29) is 12.1 Å². The fourth-order valence-corrected chi connectivity index (χ4v) is 6.68. The lowest BCUT2D eigenvalue weighted by Crippen LogP contribution is -2.44. The van der Waals surface area contributed by atoms with E-state index in [1.54, 1.807) is 32.9 Å². The predicted octanol–water partition coefficient (Wildman–Crippen LogP) is 4.10. The number of carbonyl (C=O) groups is 1. The summed E-state index contributed by atoms with van der Waals surface area (Å²) < 4.78 is 31.0. The van der Waals surface area contributed by atoms with Crippen molar-refractivity contribution in [3.8, 4) is 11.4 Å². The lowest BCUT2D eigenvalue weighted by molar-refractivity contribution is 0.0985. The van der Waals surface area contributed by atoms with Gasteiger partial charge in [0, 0.05) is 30.4 Å². The molecule has 1 atom stereocenters. The number of hydrogen-bond donors (Lipinski definition) is 2. The van der Waals surface area contributed by atoms with Crippen LogP contribution in [0.1, 0.15) is 59.6 Å². The largest absolute Gasteiger partial charge is 0.377 e. The molecule has 1 aliphatic heterocycles. The number of carbonyl (C=O) groups excluding carboxylic acids is 1. The first-order chi connectivity index (χ1) is 17.0. The van der Waals surface area contributed by atoms with Crippen molar-refractivity contribution >= 4 is 27.4 Å². The van der Waals surface area contributed by atoms with Crippen molar-refractivity contribution in [3.05, 3.63) is 36.0 Å². The molecule has 0 unspecified atom stereocenters. The Morgan fingerprint density at radius 3 is 2.47 bits per heavy atom. The number of anilines is 2. The first-order valence-corrected chi connectivity index (χ1v) is 14.1. The third kappa shape index (κ3) is 5.06. The Morgan fingerprint density at radius 1 is 1.19 bits per heavy atom. The quantitative estimate of drug-likeness (QED) is 0.571. The van der Waals surface area contributed by atoms with Crippen LogP contribution in [0.2, 0.25) is 0 Å². The number of amides is 2. The van der Waals surface area contributed by atoms with Gasteiger partial charge in [0.05, 0.1) is 29.7 Å². The van der Waals surface area contributed by atoms with Crippen LogP contribution < -0.4 is 15.5 Å². The molecule has 196 valence electrons. The average molecular weight is 516 g/mol. The summed E-state index contributed by atoms with van der Waals surface area (Å²) in [6.45, 7) is 11.8. The number of sulfone groups is 1. The van der Waals surface area contributed by atoms with Crippen molar-refractivity contribution in [2.75, 3.05) is 36.5 Å². The molecule has 4 rings (SSSR count). The Morgan fingerprint density at radius 2 is 1.89 bits per heavy atom. The summed E-state index contributed by atoms with van der Waals surface area (Å²) in [5.74, 6) is 1.18. The van der Waals surface area contributed by atoms with Crippen molar-refractivity contribution in [2.24, 2.45) is 0 Å². The SMILES string of the molecule is CCCNC(=O)Nc1ccc(-c2nc(N3CCOC[C@@H]3C)cc(C3(S(=O)(=O)C(C)(C)C)CC3)n2)cc1. The van der Waals surface area contributed by atoms with Gasteiger partial charge in [0.2, 0.25) is 0 Å². The average Bonchev–Trinajstić information content (AvgIpc) is 3.65. The van der Waals surface area contributed by atoms with E-state index in [4.69, 9.17) is 14.7 Å². The molecule has 9 nitrogen and oxygen atoms in total. The maximum atomic E-state index is 13.6. The monoisotopic (exact) mass is 515 g/mol. The van der Waals surface area contributed by atoms with Gasteiger partial charge >= 0.3 is 6.03 Å². The maximum Gasteiger partial charge on any atom is 0.319 e. The summed E-state index contributed by atoms with van der Waals surface area (Å²) in [7, 11) is -3.49. The van der Waals surface area contributed by atoms with E-state index >= 15 is 0 Å². The molecule has 0 spiro atoms. The number of ether oxygens (including phenoxy) is 1. The number of urea groups is 1. The molecule has 2 fully saturated rings. The van der Waals surface area contributed by atoms with E-state index in [1.165, 1.54) is 0 Å². The second-order valence-corrected chi connectivity index (χ2v) is 13.6. The second kappa shape index (κ2) is 9.97. The molecule has 2 aromatic rings. The molecule has 36 heavy (non-hydrogen) atoms. The third-order valence-corrected chi connectivity index (χ3v) is 10.1. The van der Waals surface area contributed by atoms with Crippen LogP contribution in [-0.2, 0) is 19.3 Å². The van der Waals surface area contributed by atoms with Crippen LogP contribution >= 0.6 is 0 Å². The summed E-state index contributed by atoms with van der Waals surface area (Å²) in [4.78, 5) is 23.8. The first-order valence-electron chi connectivity index (χ1n) is 12.6. The number of rotatable bonds is 7. The molecule has 2 heterocycles. The Labute approximate surface area is 214 Å². The molecule has 2 amide bonds. The van der Waals surface area contributed by atoms with Crippen molar-refractivity contribution in [3.63, 3.8) is 0 Å². The van der Waals surface area contributed by atoms with E-state index in [1.807, 2.05) is 25.1 Å². The minimum absolute atomic E-state index is 0.108. The fraction of sp³-hybridized carbons (Fsp3) is 0.577. The Bertz CT molecular complexity index is 1200. The zero-order chi connectivity index (χ0) is 26.1. The highest BCUT2D eigenvalue weighted by Gasteiger charge is 2.61. The van der Waals surface area contributed by atoms with Crippen LogP contribution in [0.25, 0.3) is 11.4 Å². The van der Waals surface area contributed by atoms with Crippen molar-refractivity contribution in [1.29, 1.82) is 0 Å². The molecule has 2 N–H and O–H groups in total. The first kappa shape index (κ1) is 26.3. The molecule has 1 aliphatic carbocycles. The number of nitrogens with one attached hydrogen (secondary N) is 2. The molecule has 1 saturated heterocycles. The highest BCUT2D eigenvalue weighted by molar-refractivity contribution is 7.94. The van der Waals surface area contributed by atoms with Crippen molar-refractivity contribution in [1.82, 2.24) is 15.3 Å². The maximum absolute atomic E-state index is 13.6. The van der Waals surface area contributed by atoms with Crippen LogP contribution in [0.3, 0.4) is 0 Å². The number of aromatic nitrogens is 2. The van der Waals surface area contributed by atoms with Crippen LogP contribution in [-0.4, -0.2) is 61.5 Å². The highest BCUT2D eigenvalue weighted by atomic mass is 32.2. The van der Waals surface area contributed by atoms with Gasteiger partial charge in [-0.2, -0.15) is 0 Å². The van der Waals surface area contributed by atoms with Gasteiger partial charge in [0.25, 0.3) is 0 Å². The van der Waals surface area contributed by atoms with Crippen LogP contribution in [0.15, 0.2) is 30.3 Å². The molecule has 2 aliphatic rings. The highest BCUT2D eigenvalue weighted by Crippen LogP contribution is 2.56. The molecule has 1 aromatic heterocycles. The normalized spacial score (nSPS) is 19.6. The molecular formula is C26H37N5O4S. The Balaban J connectivity index is 1.73. The zero-order valence-electron chi connectivity index (χ0n) is 21.8. The Hall–Kier alpha value is -2.72. The molecule has 1 saturated carbocycles. The number of morpholine rings is 1. The predicted molar refractivity (Wildman–Crippen MR) is 142 cm³/mol. The van der Waals surface area contributed by atoms with Gasteiger partial charge in [-0.15, -0.1) is 0 Å². The van der Waals surface area contributed by atoms with E-state index in [0.29, 0.717) is 62.2 Å². The van der Waals surface area contributed by atoms with Gasteiger partial charge < -0.3 is 20.3 Å². The summed E-state index contributed by atoms with van der Waals surface area (Å²) in [6.07, 6.45) is 1.96. The molecular weight excluding hydrogens is 478 g/mol. The van der Waals surface area contributed by atoms with Gasteiger partial charge in [0.15, 0.2) is 15.7 Å². The smallest absolute Gasteiger partial charge is 0.319 e. The fourth-order valence-electron chi connectivity index (χ4n) is 4.49. The number of nitrogens with zero attached hydrogens (tertiary/aromatic N) is 3. The topological polar surface area (TPSA) is 114 Å². The minimum Gasteiger partial charge on any atom is -0.377 e. The Kier molecular flexibility index (Phi) is 7.30. The molecule has 0 radical (unpaired) electrons. The van der Waals surface area contributed by atoms with Gasteiger partial charge in [-0.25, -0.2) is 23.2 Å².